The molecule has 0 saturated carbocycles. The fraction of sp³-hybridized carbons (Fsp3) is 0.400. The first-order valence-corrected chi connectivity index (χ1v) is 9.07. The number of carbonyl (C=O) groups is 2. The molecule has 0 spiro atoms. The maximum Gasteiger partial charge on any atom is 0.354 e. The largest absolute Gasteiger partial charge is 0.481 e. The summed E-state index contributed by atoms with van der Waals surface area (Å²) >= 11 is 0. The first kappa shape index (κ1) is 20.6. The molecule has 1 aromatic carbocycles. The molecular weight excluding hydrogens is 352 g/mol. The highest BCUT2D eigenvalue weighted by molar-refractivity contribution is 7.85. The second-order valence-electron chi connectivity index (χ2n) is 5.06. The van der Waals surface area contributed by atoms with E-state index in [0.717, 1.165) is 0 Å². The molecule has 0 unspecified atom stereocenters. The first-order chi connectivity index (χ1) is 11.7. The van der Waals surface area contributed by atoms with Crippen LogP contribution in [0.2, 0.25) is 0 Å². The number of carboxylic acid groups (broad SMARTS) is 1. The van der Waals surface area contributed by atoms with Crippen molar-refractivity contribution in [1.82, 2.24) is 0 Å². The van der Waals surface area contributed by atoms with Crippen molar-refractivity contribution in [3.8, 4) is 0 Å². The summed E-state index contributed by atoms with van der Waals surface area (Å²) < 4.78 is 35.3. The third kappa shape index (κ3) is 8.82. The monoisotopic (exact) mass is 372 g/mol. The van der Waals surface area contributed by atoms with Gasteiger partial charge in [-0.3, -0.25) is 14.8 Å². The van der Waals surface area contributed by atoms with Crippen LogP contribution in [0.5, 0.6) is 0 Å². The third-order valence-electron chi connectivity index (χ3n) is 2.94. The number of nitrogens with one attached hydrogen (secondary N) is 1. The molecule has 0 radical (unpaired) electrons. The minimum atomic E-state index is -4.11. The van der Waals surface area contributed by atoms with Crippen molar-refractivity contribution in [3.63, 3.8) is 0 Å². The van der Waals surface area contributed by atoms with Gasteiger partial charge in [-0.25, -0.2) is 4.79 Å². The molecule has 0 aliphatic rings. The number of esters is 1. The topological polar surface area (TPSA) is 142 Å². The fourth-order valence-corrected chi connectivity index (χ4v) is 2.46. The number of nitrogens with zero attached hydrogens (tertiary/aromatic N) is 1. The van der Waals surface area contributed by atoms with Crippen molar-refractivity contribution in [2.24, 2.45) is 5.10 Å². The molecular formula is C15H20N2O7S. The predicted molar refractivity (Wildman–Crippen MR) is 90.9 cm³/mol. The van der Waals surface area contributed by atoms with Gasteiger partial charge in [0.1, 0.15) is 11.5 Å². The van der Waals surface area contributed by atoms with E-state index in [1.807, 2.05) is 0 Å². The van der Waals surface area contributed by atoms with Crippen molar-refractivity contribution >= 4 is 33.5 Å². The molecule has 9 nitrogen and oxygen atoms in total. The number of benzene rings is 1. The number of hydrogen-bond acceptors (Lipinski definition) is 7. The molecule has 0 bridgehead atoms. The van der Waals surface area contributed by atoms with Crippen molar-refractivity contribution in [1.29, 1.82) is 0 Å². The van der Waals surface area contributed by atoms with Gasteiger partial charge in [-0.1, -0.05) is 12.1 Å². The van der Waals surface area contributed by atoms with Crippen molar-refractivity contribution in [2.45, 2.75) is 31.9 Å². The normalized spacial score (nSPS) is 11.8. The Labute approximate surface area is 145 Å². The maximum absolute atomic E-state index is 11.8. The van der Waals surface area contributed by atoms with E-state index >= 15 is 0 Å². The Kier molecular flexibility index (Phi) is 8.02. The van der Waals surface area contributed by atoms with Crippen molar-refractivity contribution < 1.29 is 32.4 Å². The highest BCUT2D eigenvalue weighted by Gasteiger charge is 2.13. The number of hydrazone groups is 1. The number of hydrogen-bond donors (Lipinski definition) is 3. The Morgan fingerprint density at radius 3 is 2.36 bits per heavy atom. The van der Waals surface area contributed by atoms with Gasteiger partial charge in [0.2, 0.25) is 0 Å². The third-order valence-corrected chi connectivity index (χ3v) is 3.64. The minimum Gasteiger partial charge on any atom is -0.481 e. The molecule has 0 aromatic heterocycles. The smallest absolute Gasteiger partial charge is 0.354 e. The zero-order chi connectivity index (χ0) is 18.9. The van der Waals surface area contributed by atoms with Crippen LogP contribution in [0, 0.1) is 0 Å². The van der Waals surface area contributed by atoms with E-state index in [-0.39, 0.29) is 31.6 Å². The second kappa shape index (κ2) is 9.74. The summed E-state index contributed by atoms with van der Waals surface area (Å²) in [6, 6.07) is 6.04. The second-order valence-corrected chi connectivity index (χ2v) is 6.51. The lowest BCUT2D eigenvalue weighted by Crippen LogP contribution is -2.19. The highest BCUT2D eigenvalue weighted by Crippen LogP contribution is 2.12. The van der Waals surface area contributed by atoms with Crippen LogP contribution in [0.1, 0.15) is 31.7 Å². The lowest BCUT2D eigenvalue weighted by molar-refractivity contribution is -0.137. The lowest BCUT2D eigenvalue weighted by Gasteiger charge is -2.07. The van der Waals surface area contributed by atoms with Crippen LogP contribution >= 0.6 is 0 Å². The summed E-state index contributed by atoms with van der Waals surface area (Å²) in [7, 11) is -4.11. The predicted octanol–water partition coefficient (Wildman–Crippen LogP) is 1.66. The minimum absolute atomic E-state index is 0.0603. The van der Waals surface area contributed by atoms with Crippen molar-refractivity contribution in [2.75, 3.05) is 12.0 Å². The van der Waals surface area contributed by atoms with Gasteiger partial charge in [-0.05, 0) is 37.5 Å². The first-order valence-electron chi connectivity index (χ1n) is 7.47. The number of anilines is 1. The van der Waals surface area contributed by atoms with Gasteiger partial charge >= 0.3 is 11.9 Å². The van der Waals surface area contributed by atoms with Crippen LogP contribution in [0.15, 0.2) is 29.4 Å². The summed E-state index contributed by atoms with van der Waals surface area (Å²) in [6.07, 6.45) is 0.281. The van der Waals surface area contributed by atoms with E-state index in [4.69, 9.17) is 14.4 Å². The molecule has 0 fully saturated rings. The molecule has 0 saturated heterocycles. The molecule has 1 aromatic rings. The van der Waals surface area contributed by atoms with Crippen LogP contribution in [0.4, 0.5) is 5.69 Å². The Bertz CT molecular complexity index is 727. The van der Waals surface area contributed by atoms with E-state index in [9.17, 15) is 18.0 Å². The summed E-state index contributed by atoms with van der Waals surface area (Å²) in [5.41, 5.74) is 3.58. The zero-order valence-corrected chi connectivity index (χ0v) is 14.5. The van der Waals surface area contributed by atoms with Gasteiger partial charge in [-0.15, -0.1) is 0 Å². The molecule has 138 valence electrons. The average molecular weight is 372 g/mol. The fourth-order valence-electron chi connectivity index (χ4n) is 1.84. The van der Waals surface area contributed by atoms with Crippen LogP contribution in [-0.4, -0.2) is 42.3 Å². The molecule has 1 rings (SSSR count). The number of ether oxygens (including phenoxy) is 1. The van der Waals surface area contributed by atoms with E-state index in [0.29, 0.717) is 11.3 Å². The van der Waals surface area contributed by atoms with Gasteiger partial charge in [0.15, 0.2) is 0 Å². The molecule has 0 amide bonds. The van der Waals surface area contributed by atoms with Gasteiger partial charge in [0.25, 0.3) is 10.1 Å². The van der Waals surface area contributed by atoms with E-state index in [1.54, 1.807) is 6.92 Å². The Morgan fingerprint density at radius 1 is 1.20 bits per heavy atom. The molecule has 10 heteroatoms. The number of carbonyl (C=O) groups excluding carboxylic acids is 1. The molecule has 0 atom stereocenters. The molecule has 0 aliphatic carbocycles. The summed E-state index contributed by atoms with van der Waals surface area (Å²) in [6.45, 7) is 1.81. The quantitative estimate of drug-likeness (QED) is 0.243. The molecule has 0 aliphatic heterocycles. The Hall–Kier alpha value is -2.46. The van der Waals surface area contributed by atoms with E-state index < -0.39 is 27.8 Å². The van der Waals surface area contributed by atoms with E-state index in [1.165, 1.54) is 24.3 Å². The number of rotatable bonds is 10. The van der Waals surface area contributed by atoms with E-state index in [2.05, 4.69) is 10.5 Å². The summed E-state index contributed by atoms with van der Waals surface area (Å²) in [4.78, 5) is 22.4. The number of aliphatic carboxylic acids is 1. The van der Waals surface area contributed by atoms with Crippen LogP contribution < -0.4 is 5.43 Å². The molecule has 3 N–H and O–H groups in total. The lowest BCUT2D eigenvalue weighted by atomic mass is 10.1. The van der Waals surface area contributed by atoms with Crippen LogP contribution in [0.3, 0.4) is 0 Å². The van der Waals surface area contributed by atoms with Gasteiger partial charge in [0.05, 0.1) is 12.3 Å². The average Bonchev–Trinajstić information content (AvgIpc) is 2.50. The van der Waals surface area contributed by atoms with Crippen LogP contribution in [0.25, 0.3) is 0 Å². The zero-order valence-electron chi connectivity index (χ0n) is 13.6. The highest BCUT2D eigenvalue weighted by atomic mass is 32.2. The van der Waals surface area contributed by atoms with Gasteiger partial charge in [0, 0.05) is 6.42 Å². The van der Waals surface area contributed by atoms with Crippen LogP contribution in [-0.2, 0) is 30.2 Å². The Balaban J connectivity index is 2.76. The van der Waals surface area contributed by atoms with Gasteiger partial charge in [-0.2, -0.15) is 13.5 Å². The molecule has 25 heavy (non-hydrogen) atoms. The SMILES string of the molecule is CCOC(=O)/C(CCCC(=O)O)=N\Nc1ccc(CS(=O)(=O)O)cc1. The number of carboxylic acids is 1. The summed E-state index contributed by atoms with van der Waals surface area (Å²) in [5, 5.41) is 12.6. The van der Waals surface area contributed by atoms with Crippen molar-refractivity contribution in [3.05, 3.63) is 29.8 Å². The van der Waals surface area contributed by atoms with Gasteiger partial charge < -0.3 is 9.84 Å². The summed E-state index contributed by atoms with van der Waals surface area (Å²) in [5.74, 6) is -2.10. The standard InChI is InChI=1S/C15H20N2O7S/c1-2-24-15(20)13(4-3-5-14(18)19)17-16-12-8-6-11(7-9-12)10-25(21,22)23/h6-9,16H,2-5,10H2,1H3,(H,18,19)(H,21,22,23)/b17-13-. The Morgan fingerprint density at radius 2 is 1.84 bits per heavy atom. The molecule has 0 heterocycles. The maximum atomic E-state index is 11.8.